The molecule has 1 saturated heterocycles. The summed E-state index contributed by atoms with van der Waals surface area (Å²) in [6.45, 7) is 6.15. The minimum absolute atomic E-state index is 0.0272. The number of carbonyl (C=O) groups excluding carboxylic acids is 1. The molecule has 2 aromatic heterocycles. The van der Waals surface area contributed by atoms with Crippen LogP contribution in [0.5, 0.6) is 0 Å². The van der Waals surface area contributed by atoms with E-state index in [0.29, 0.717) is 31.1 Å². The molecule has 1 fully saturated rings. The second-order valence-corrected chi connectivity index (χ2v) is 5.25. The smallest absolute Gasteiger partial charge is 0.257 e. The predicted octanol–water partition coefficient (Wildman–Crippen LogP) is 1.22. The molecule has 1 aliphatic heterocycles. The zero-order valence-corrected chi connectivity index (χ0v) is 12.8. The first kappa shape index (κ1) is 14.6. The lowest BCUT2D eigenvalue weighted by atomic mass is 10.2. The summed E-state index contributed by atoms with van der Waals surface area (Å²) in [5.74, 6) is 0.599. The Balaban J connectivity index is 1.73. The molecule has 116 valence electrons. The molecule has 22 heavy (non-hydrogen) atoms. The third-order valence-electron chi connectivity index (χ3n) is 3.66. The van der Waals surface area contributed by atoms with E-state index < -0.39 is 0 Å². The van der Waals surface area contributed by atoms with Crippen molar-refractivity contribution >= 4 is 5.91 Å². The van der Waals surface area contributed by atoms with E-state index in [1.165, 1.54) is 0 Å². The minimum Gasteiger partial charge on any atom is -0.367 e. The molecule has 7 heteroatoms. The minimum atomic E-state index is -0.279. The van der Waals surface area contributed by atoms with Crippen molar-refractivity contribution in [3.8, 4) is 0 Å². The quantitative estimate of drug-likeness (QED) is 0.852. The van der Waals surface area contributed by atoms with Gasteiger partial charge in [0.25, 0.3) is 5.91 Å². The Labute approximate surface area is 128 Å². The molecule has 0 bridgehead atoms. The number of nitrogens with zero attached hydrogens (tertiary/aromatic N) is 5. The molecule has 1 aliphatic rings. The van der Waals surface area contributed by atoms with Crippen LogP contribution in [-0.2, 0) is 11.3 Å². The molecule has 7 nitrogen and oxygen atoms in total. The van der Waals surface area contributed by atoms with Gasteiger partial charge < -0.3 is 9.64 Å². The Bertz CT molecular complexity index is 669. The van der Waals surface area contributed by atoms with E-state index in [9.17, 15) is 4.79 Å². The number of rotatable bonds is 3. The highest BCUT2D eigenvalue weighted by Gasteiger charge is 2.28. The van der Waals surface area contributed by atoms with Gasteiger partial charge in [0.05, 0.1) is 24.9 Å². The molecule has 0 aromatic carbocycles. The maximum atomic E-state index is 12.5. The molecule has 0 N–H and O–H groups in total. The third kappa shape index (κ3) is 2.99. The van der Waals surface area contributed by atoms with Crippen LogP contribution in [0.2, 0.25) is 0 Å². The largest absolute Gasteiger partial charge is 0.367 e. The molecule has 1 amide bonds. The molecular formula is C15H19N5O2. The highest BCUT2D eigenvalue weighted by molar-refractivity contribution is 5.93. The van der Waals surface area contributed by atoms with Crippen LogP contribution in [0.1, 0.15) is 34.9 Å². The summed E-state index contributed by atoms with van der Waals surface area (Å²) in [6, 6.07) is 1.84. The molecule has 0 aliphatic carbocycles. The second-order valence-electron chi connectivity index (χ2n) is 5.25. The normalized spacial score (nSPS) is 18.5. The summed E-state index contributed by atoms with van der Waals surface area (Å²) in [4.78, 5) is 23.0. The average Bonchev–Trinajstić information content (AvgIpc) is 3.03. The second kappa shape index (κ2) is 6.23. The van der Waals surface area contributed by atoms with E-state index in [2.05, 4.69) is 15.1 Å². The maximum absolute atomic E-state index is 12.5. The van der Waals surface area contributed by atoms with Crippen LogP contribution in [0.4, 0.5) is 0 Å². The number of amides is 1. The Kier molecular flexibility index (Phi) is 4.15. The summed E-state index contributed by atoms with van der Waals surface area (Å²) >= 11 is 0. The number of carbonyl (C=O) groups is 1. The predicted molar refractivity (Wildman–Crippen MR) is 79.3 cm³/mol. The maximum Gasteiger partial charge on any atom is 0.257 e. The van der Waals surface area contributed by atoms with Crippen molar-refractivity contribution in [1.29, 1.82) is 0 Å². The fourth-order valence-electron chi connectivity index (χ4n) is 2.44. The fourth-order valence-corrected chi connectivity index (χ4v) is 2.44. The van der Waals surface area contributed by atoms with Gasteiger partial charge in [0.15, 0.2) is 5.82 Å². The van der Waals surface area contributed by atoms with Crippen LogP contribution in [0.3, 0.4) is 0 Å². The lowest BCUT2D eigenvalue weighted by molar-refractivity contribution is -0.0268. The van der Waals surface area contributed by atoms with Crippen LogP contribution in [-0.4, -0.2) is 50.3 Å². The van der Waals surface area contributed by atoms with Gasteiger partial charge in [-0.3, -0.25) is 9.48 Å². The van der Waals surface area contributed by atoms with Gasteiger partial charge in [-0.2, -0.15) is 5.10 Å². The van der Waals surface area contributed by atoms with Crippen LogP contribution < -0.4 is 0 Å². The van der Waals surface area contributed by atoms with Gasteiger partial charge >= 0.3 is 0 Å². The molecule has 3 rings (SSSR count). The summed E-state index contributed by atoms with van der Waals surface area (Å²) in [6.07, 6.45) is 4.82. The fraction of sp³-hybridized carbons (Fsp3) is 0.467. The number of ether oxygens (including phenoxy) is 1. The van der Waals surface area contributed by atoms with Gasteiger partial charge in [-0.15, -0.1) is 0 Å². The van der Waals surface area contributed by atoms with Gasteiger partial charge in [-0.05, 0) is 19.9 Å². The molecule has 0 unspecified atom stereocenters. The van der Waals surface area contributed by atoms with Crippen molar-refractivity contribution in [2.75, 3.05) is 19.7 Å². The zero-order valence-electron chi connectivity index (χ0n) is 12.8. The Morgan fingerprint density at radius 2 is 2.36 bits per heavy atom. The van der Waals surface area contributed by atoms with Crippen LogP contribution in [0.25, 0.3) is 0 Å². The number of hydrogen-bond donors (Lipinski definition) is 0. The molecule has 0 radical (unpaired) electrons. The first-order chi connectivity index (χ1) is 10.7. The highest BCUT2D eigenvalue weighted by atomic mass is 16.5. The van der Waals surface area contributed by atoms with E-state index in [1.54, 1.807) is 28.2 Å². The summed E-state index contributed by atoms with van der Waals surface area (Å²) in [5, 5.41) is 4.15. The van der Waals surface area contributed by atoms with Gasteiger partial charge in [0.2, 0.25) is 0 Å². The Hall–Kier alpha value is -2.28. The van der Waals surface area contributed by atoms with Gasteiger partial charge in [0.1, 0.15) is 6.10 Å². The Morgan fingerprint density at radius 1 is 1.50 bits per heavy atom. The van der Waals surface area contributed by atoms with E-state index >= 15 is 0 Å². The first-order valence-electron chi connectivity index (χ1n) is 7.40. The van der Waals surface area contributed by atoms with Gasteiger partial charge in [-0.1, -0.05) is 0 Å². The number of hydrogen-bond acceptors (Lipinski definition) is 5. The van der Waals surface area contributed by atoms with Crippen LogP contribution in [0.15, 0.2) is 24.7 Å². The van der Waals surface area contributed by atoms with Crippen LogP contribution >= 0.6 is 0 Å². The monoisotopic (exact) mass is 301 g/mol. The molecular weight excluding hydrogens is 282 g/mol. The van der Waals surface area contributed by atoms with Crippen molar-refractivity contribution in [2.45, 2.75) is 26.5 Å². The van der Waals surface area contributed by atoms with Crippen molar-refractivity contribution in [2.24, 2.45) is 0 Å². The molecule has 0 spiro atoms. The first-order valence-corrected chi connectivity index (χ1v) is 7.40. The van der Waals surface area contributed by atoms with E-state index in [0.717, 1.165) is 12.2 Å². The standard InChI is InChI=1S/C15H19N5O2/c1-3-20-9-12(8-17-20)15(21)19-6-7-22-13(10-19)14-16-5-4-11(2)18-14/h4-5,8-9,13H,3,6-7,10H2,1-2H3/t13-/m1/s1. The summed E-state index contributed by atoms with van der Waals surface area (Å²) in [7, 11) is 0. The van der Waals surface area contributed by atoms with Gasteiger partial charge in [-0.25, -0.2) is 9.97 Å². The third-order valence-corrected chi connectivity index (χ3v) is 3.66. The highest BCUT2D eigenvalue weighted by Crippen LogP contribution is 2.20. The topological polar surface area (TPSA) is 73.1 Å². The molecule has 0 saturated carbocycles. The zero-order chi connectivity index (χ0) is 15.5. The lowest BCUT2D eigenvalue weighted by Crippen LogP contribution is -2.42. The van der Waals surface area contributed by atoms with Crippen molar-refractivity contribution in [3.63, 3.8) is 0 Å². The van der Waals surface area contributed by atoms with Crippen molar-refractivity contribution in [3.05, 3.63) is 41.7 Å². The Morgan fingerprint density at radius 3 is 3.09 bits per heavy atom. The average molecular weight is 301 g/mol. The molecule has 3 heterocycles. The summed E-state index contributed by atoms with van der Waals surface area (Å²) in [5.41, 5.74) is 1.49. The summed E-state index contributed by atoms with van der Waals surface area (Å²) < 4.78 is 7.47. The van der Waals surface area contributed by atoms with E-state index in [1.807, 2.05) is 19.9 Å². The van der Waals surface area contributed by atoms with Gasteiger partial charge in [0, 0.05) is 31.2 Å². The number of morpholine rings is 1. The number of aromatic nitrogens is 4. The van der Waals surface area contributed by atoms with Crippen LogP contribution in [0, 0.1) is 6.92 Å². The van der Waals surface area contributed by atoms with Crippen molar-refractivity contribution in [1.82, 2.24) is 24.6 Å². The molecule has 1 atom stereocenters. The lowest BCUT2D eigenvalue weighted by Gasteiger charge is -2.32. The van der Waals surface area contributed by atoms with E-state index in [-0.39, 0.29) is 12.0 Å². The van der Waals surface area contributed by atoms with Crippen molar-refractivity contribution < 1.29 is 9.53 Å². The van der Waals surface area contributed by atoms with E-state index in [4.69, 9.17) is 4.74 Å². The number of aryl methyl sites for hydroxylation is 2. The SMILES string of the molecule is CCn1cc(C(=O)N2CCO[C@@H](c3nccc(C)n3)C2)cn1. The molecule has 2 aromatic rings.